The van der Waals surface area contributed by atoms with Gasteiger partial charge in [0.15, 0.2) is 6.61 Å². The van der Waals surface area contributed by atoms with Gasteiger partial charge in [0.25, 0.3) is 5.91 Å². The van der Waals surface area contributed by atoms with E-state index < -0.39 is 11.6 Å². The molecule has 1 aliphatic heterocycles. The van der Waals surface area contributed by atoms with E-state index >= 15 is 0 Å². The number of carbonyl (C=O) groups is 3. The van der Waals surface area contributed by atoms with E-state index in [1.807, 2.05) is 52.8 Å². The fourth-order valence-corrected chi connectivity index (χ4v) is 3.24. The van der Waals surface area contributed by atoms with Crippen molar-refractivity contribution in [2.45, 2.75) is 65.1 Å². The molecular weight excluding hydrogens is 398 g/mol. The summed E-state index contributed by atoms with van der Waals surface area (Å²) in [4.78, 5) is 38.9. The third kappa shape index (κ3) is 8.47. The fourth-order valence-electron chi connectivity index (χ4n) is 3.24. The Balaban J connectivity index is 1.80. The van der Waals surface area contributed by atoms with Crippen LogP contribution in [0.1, 0.15) is 47.5 Å². The Morgan fingerprint density at radius 3 is 2.26 bits per heavy atom. The number of hydrogen-bond acceptors (Lipinski definition) is 5. The van der Waals surface area contributed by atoms with E-state index in [9.17, 15) is 14.4 Å². The van der Waals surface area contributed by atoms with E-state index in [0.29, 0.717) is 31.7 Å². The van der Waals surface area contributed by atoms with Crippen LogP contribution in [0.15, 0.2) is 30.3 Å². The number of amides is 3. The molecule has 1 atom stereocenters. The summed E-state index contributed by atoms with van der Waals surface area (Å²) in [5.41, 5.74) is -0.533. The lowest BCUT2D eigenvalue weighted by molar-refractivity contribution is -0.131. The lowest BCUT2D eigenvalue weighted by Crippen LogP contribution is -2.55. The third-order valence-electron chi connectivity index (χ3n) is 4.87. The van der Waals surface area contributed by atoms with Crippen LogP contribution in [0.5, 0.6) is 5.75 Å². The van der Waals surface area contributed by atoms with E-state index in [-0.39, 0.29) is 36.5 Å². The van der Waals surface area contributed by atoms with Crippen LogP contribution < -0.4 is 15.4 Å². The van der Waals surface area contributed by atoms with Gasteiger partial charge in [-0.3, -0.25) is 9.59 Å². The maximum Gasteiger partial charge on any atom is 0.410 e. The molecule has 3 amide bonds. The van der Waals surface area contributed by atoms with Gasteiger partial charge in [-0.2, -0.15) is 0 Å². The first-order chi connectivity index (χ1) is 14.5. The maximum absolute atomic E-state index is 12.8. The van der Waals surface area contributed by atoms with E-state index in [1.54, 1.807) is 17.0 Å². The number of benzene rings is 1. The van der Waals surface area contributed by atoms with Crippen molar-refractivity contribution in [3.05, 3.63) is 30.3 Å². The van der Waals surface area contributed by atoms with Gasteiger partial charge in [0.1, 0.15) is 17.4 Å². The second kappa shape index (κ2) is 11.0. The molecule has 1 aromatic rings. The first-order valence-corrected chi connectivity index (χ1v) is 10.8. The molecule has 0 spiro atoms. The normalized spacial score (nSPS) is 15.9. The zero-order chi connectivity index (χ0) is 23.0. The van der Waals surface area contributed by atoms with Crippen LogP contribution >= 0.6 is 0 Å². The Bertz CT molecular complexity index is 737. The molecular formula is C23H35N3O5. The van der Waals surface area contributed by atoms with Crippen LogP contribution in [-0.4, -0.2) is 60.2 Å². The van der Waals surface area contributed by atoms with Crippen LogP contribution in [0.3, 0.4) is 0 Å². The van der Waals surface area contributed by atoms with Gasteiger partial charge in [-0.05, 0) is 51.7 Å². The molecule has 8 heteroatoms. The molecule has 1 heterocycles. The number of nitrogens with zero attached hydrogens (tertiary/aromatic N) is 1. The van der Waals surface area contributed by atoms with Gasteiger partial charge >= 0.3 is 6.09 Å². The lowest BCUT2D eigenvalue weighted by atomic mass is 10.0. The van der Waals surface area contributed by atoms with Crippen molar-refractivity contribution in [2.75, 3.05) is 19.7 Å². The van der Waals surface area contributed by atoms with Crippen molar-refractivity contribution in [3.8, 4) is 5.75 Å². The zero-order valence-corrected chi connectivity index (χ0v) is 19.1. The summed E-state index contributed by atoms with van der Waals surface area (Å²) in [7, 11) is 0. The standard InChI is InChI=1S/C23H35N3O5/c1-16(2)20(25-19(27)15-30-18-9-7-6-8-10-18)21(28)24-17-11-13-26(14-12-17)22(29)31-23(3,4)5/h6-10,16-17,20H,11-15H2,1-5H3,(H,24,28)(H,25,27). The Labute approximate surface area is 184 Å². The number of carbonyl (C=O) groups excluding carboxylic acids is 3. The number of rotatable bonds is 7. The molecule has 1 aliphatic rings. The molecule has 2 N–H and O–H groups in total. The second-order valence-electron chi connectivity index (χ2n) is 9.14. The molecule has 1 fully saturated rings. The molecule has 1 saturated heterocycles. The van der Waals surface area contributed by atoms with Crippen molar-refractivity contribution >= 4 is 17.9 Å². The van der Waals surface area contributed by atoms with E-state index in [1.165, 1.54) is 0 Å². The van der Waals surface area contributed by atoms with Crippen LogP contribution in [0, 0.1) is 5.92 Å². The highest BCUT2D eigenvalue weighted by Gasteiger charge is 2.30. The van der Waals surface area contributed by atoms with E-state index in [2.05, 4.69) is 10.6 Å². The number of ether oxygens (including phenoxy) is 2. The summed E-state index contributed by atoms with van der Waals surface area (Å²) in [6.45, 7) is 10.2. The molecule has 172 valence electrons. The highest BCUT2D eigenvalue weighted by Crippen LogP contribution is 2.16. The average molecular weight is 434 g/mol. The van der Waals surface area contributed by atoms with Crippen molar-refractivity contribution < 1.29 is 23.9 Å². The van der Waals surface area contributed by atoms with Crippen molar-refractivity contribution in [1.29, 1.82) is 0 Å². The first kappa shape index (κ1) is 24.5. The maximum atomic E-state index is 12.8. The van der Waals surface area contributed by atoms with Crippen LogP contribution in [0.2, 0.25) is 0 Å². The molecule has 31 heavy (non-hydrogen) atoms. The summed E-state index contributed by atoms with van der Waals surface area (Å²) < 4.78 is 10.9. The highest BCUT2D eigenvalue weighted by molar-refractivity contribution is 5.88. The molecule has 8 nitrogen and oxygen atoms in total. The van der Waals surface area contributed by atoms with Gasteiger partial charge in [0.2, 0.25) is 5.91 Å². The number of nitrogens with one attached hydrogen (secondary N) is 2. The molecule has 2 rings (SSSR count). The zero-order valence-electron chi connectivity index (χ0n) is 19.1. The van der Waals surface area contributed by atoms with E-state index in [0.717, 1.165) is 0 Å². The van der Waals surface area contributed by atoms with Gasteiger partial charge in [-0.15, -0.1) is 0 Å². The molecule has 0 aliphatic carbocycles. The van der Waals surface area contributed by atoms with Crippen LogP contribution in [0.4, 0.5) is 4.79 Å². The summed E-state index contributed by atoms with van der Waals surface area (Å²) >= 11 is 0. The van der Waals surface area contributed by atoms with Crippen LogP contribution in [0.25, 0.3) is 0 Å². The van der Waals surface area contributed by atoms with Gasteiger partial charge in [0.05, 0.1) is 0 Å². The molecule has 0 aromatic heterocycles. The van der Waals surface area contributed by atoms with Gasteiger partial charge in [-0.25, -0.2) is 4.79 Å². The fraction of sp³-hybridized carbons (Fsp3) is 0.609. The quantitative estimate of drug-likeness (QED) is 0.689. The highest BCUT2D eigenvalue weighted by atomic mass is 16.6. The largest absolute Gasteiger partial charge is 0.484 e. The topological polar surface area (TPSA) is 97.0 Å². The summed E-state index contributed by atoms with van der Waals surface area (Å²) in [6, 6.07) is 8.34. The van der Waals surface area contributed by atoms with Crippen molar-refractivity contribution in [1.82, 2.24) is 15.5 Å². The van der Waals surface area contributed by atoms with Crippen molar-refractivity contribution in [2.24, 2.45) is 5.92 Å². The van der Waals surface area contributed by atoms with Gasteiger partial charge < -0.3 is 25.0 Å². The second-order valence-corrected chi connectivity index (χ2v) is 9.14. The minimum atomic E-state index is -0.657. The molecule has 0 saturated carbocycles. The Hall–Kier alpha value is -2.77. The molecule has 1 unspecified atom stereocenters. The smallest absolute Gasteiger partial charge is 0.410 e. The Morgan fingerprint density at radius 2 is 1.71 bits per heavy atom. The SMILES string of the molecule is CC(C)C(NC(=O)COc1ccccc1)C(=O)NC1CCN(C(=O)OC(C)(C)C)CC1. The molecule has 0 bridgehead atoms. The average Bonchev–Trinajstić information content (AvgIpc) is 2.70. The molecule has 1 aromatic carbocycles. The summed E-state index contributed by atoms with van der Waals surface area (Å²) in [6.07, 6.45) is 0.949. The van der Waals surface area contributed by atoms with Crippen molar-refractivity contribution in [3.63, 3.8) is 0 Å². The number of para-hydroxylation sites is 1. The number of piperidine rings is 1. The summed E-state index contributed by atoms with van der Waals surface area (Å²) in [5, 5.41) is 5.78. The molecule has 0 radical (unpaired) electrons. The van der Waals surface area contributed by atoms with E-state index in [4.69, 9.17) is 9.47 Å². The minimum Gasteiger partial charge on any atom is -0.484 e. The predicted octanol–water partition coefficient (Wildman–Crippen LogP) is 2.72. The predicted molar refractivity (Wildman–Crippen MR) is 118 cm³/mol. The number of likely N-dealkylation sites (tertiary alicyclic amines) is 1. The Morgan fingerprint density at radius 1 is 1.10 bits per heavy atom. The number of hydrogen-bond donors (Lipinski definition) is 2. The van der Waals surface area contributed by atoms with Gasteiger partial charge in [0, 0.05) is 19.1 Å². The Kier molecular flexibility index (Phi) is 8.71. The first-order valence-electron chi connectivity index (χ1n) is 10.8. The third-order valence-corrected chi connectivity index (χ3v) is 4.87. The summed E-state index contributed by atoms with van der Waals surface area (Å²) in [5.74, 6) is -0.0568. The van der Waals surface area contributed by atoms with Gasteiger partial charge in [-0.1, -0.05) is 32.0 Å². The lowest BCUT2D eigenvalue weighted by Gasteiger charge is -2.34. The monoisotopic (exact) mass is 433 g/mol. The van der Waals surface area contributed by atoms with Crippen LogP contribution in [-0.2, 0) is 14.3 Å². The minimum absolute atomic E-state index is 0.0510.